The van der Waals surface area contributed by atoms with Gasteiger partial charge in [0.05, 0.1) is 4.90 Å². The van der Waals surface area contributed by atoms with Crippen molar-refractivity contribution in [2.75, 3.05) is 6.26 Å². The number of rotatable bonds is 3. The Morgan fingerprint density at radius 3 is 2.26 bits per heavy atom. The first kappa shape index (κ1) is 13.7. The smallest absolute Gasteiger partial charge is 0.175 e. The molecule has 2 aromatic rings. The third-order valence-corrected chi connectivity index (χ3v) is 3.99. The van der Waals surface area contributed by atoms with Crippen LogP contribution in [0.4, 0.5) is 4.39 Å². The molecule has 0 atom stereocenters. The molecule has 3 nitrogen and oxygen atoms in total. The maximum atomic E-state index is 13.8. The zero-order chi connectivity index (χ0) is 14.0. The SMILES string of the molecule is CS(=O)(=O)c1ccc(-c2cc(CN)ccc2F)cc1. The molecule has 0 saturated carbocycles. The van der Waals surface area contributed by atoms with Gasteiger partial charge in [0.2, 0.25) is 0 Å². The Labute approximate surface area is 111 Å². The Hall–Kier alpha value is -1.72. The number of benzene rings is 2. The van der Waals surface area contributed by atoms with E-state index in [-0.39, 0.29) is 10.7 Å². The van der Waals surface area contributed by atoms with Gasteiger partial charge in [-0.2, -0.15) is 0 Å². The molecule has 2 rings (SSSR count). The fourth-order valence-electron chi connectivity index (χ4n) is 1.80. The summed E-state index contributed by atoms with van der Waals surface area (Å²) in [7, 11) is -3.24. The molecule has 0 unspecified atom stereocenters. The minimum absolute atomic E-state index is 0.214. The number of sulfone groups is 1. The normalized spacial score (nSPS) is 11.5. The lowest BCUT2D eigenvalue weighted by Gasteiger charge is -2.07. The van der Waals surface area contributed by atoms with Crippen molar-refractivity contribution < 1.29 is 12.8 Å². The molecule has 19 heavy (non-hydrogen) atoms. The molecular weight excluding hydrogens is 265 g/mol. The molecule has 0 aliphatic heterocycles. The van der Waals surface area contributed by atoms with Gasteiger partial charge in [0.25, 0.3) is 0 Å². The fourth-order valence-corrected chi connectivity index (χ4v) is 2.43. The highest BCUT2D eigenvalue weighted by molar-refractivity contribution is 7.90. The van der Waals surface area contributed by atoms with Gasteiger partial charge in [0.15, 0.2) is 9.84 Å². The highest BCUT2D eigenvalue weighted by atomic mass is 32.2. The standard InChI is InChI=1S/C14H14FNO2S/c1-19(17,18)12-5-3-11(4-6-12)13-8-10(9-16)2-7-14(13)15/h2-8H,9,16H2,1H3. The highest BCUT2D eigenvalue weighted by Gasteiger charge is 2.09. The van der Waals surface area contributed by atoms with Crippen molar-refractivity contribution in [1.82, 2.24) is 0 Å². The summed E-state index contributed by atoms with van der Waals surface area (Å²) in [6, 6.07) is 10.8. The monoisotopic (exact) mass is 279 g/mol. The van der Waals surface area contributed by atoms with Gasteiger partial charge in [-0.05, 0) is 35.4 Å². The van der Waals surface area contributed by atoms with Crippen molar-refractivity contribution in [3.05, 3.63) is 53.8 Å². The van der Waals surface area contributed by atoms with Crippen LogP contribution in [0.25, 0.3) is 11.1 Å². The van der Waals surface area contributed by atoms with E-state index >= 15 is 0 Å². The Morgan fingerprint density at radius 2 is 1.74 bits per heavy atom. The molecular formula is C14H14FNO2S. The third kappa shape index (κ3) is 3.00. The molecule has 0 heterocycles. The molecule has 0 spiro atoms. The predicted octanol–water partition coefficient (Wildman–Crippen LogP) is 2.35. The molecule has 0 aliphatic rings. The molecule has 0 bridgehead atoms. The van der Waals surface area contributed by atoms with Crippen molar-refractivity contribution in [1.29, 1.82) is 0 Å². The van der Waals surface area contributed by atoms with E-state index in [9.17, 15) is 12.8 Å². The molecule has 0 saturated heterocycles. The average Bonchev–Trinajstić information content (AvgIpc) is 2.38. The van der Waals surface area contributed by atoms with Gasteiger partial charge < -0.3 is 5.73 Å². The summed E-state index contributed by atoms with van der Waals surface area (Å²) < 4.78 is 36.5. The first-order valence-corrected chi connectivity index (χ1v) is 7.60. The van der Waals surface area contributed by atoms with Crippen molar-refractivity contribution >= 4 is 9.84 Å². The Kier molecular flexibility index (Phi) is 3.68. The predicted molar refractivity (Wildman–Crippen MR) is 72.8 cm³/mol. The van der Waals surface area contributed by atoms with Gasteiger partial charge in [-0.25, -0.2) is 12.8 Å². The van der Waals surface area contributed by atoms with Crippen LogP contribution in [0, 0.1) is 5.82 Å². The summed E-state index contributed by atoms with van der Waals surface area (Å²) >= 11 is 0. The first-order chi connectivity index (χ1) is 8.91. The summed E-state index contributed by atoms with van der Waals surface area (Å²) in [5.41, 5.74) is 7.39. The summed E-state index contributed by atoms with van der Waals surface area (Å²) in [5.74, 6) is -0.357. The molecule has 0 radical (unpaired) electrons. The van der Waals surface area contributed by atoms with Gasteiger partial charge in [-0.1, -0.05) is 18.2 Å². The van der Waals surface area contributed by atoms with E-state index in [1.165, 1.54) is 18.2 Å². The Morgan fingerprint density at radius 1 is 1.11 bits per heavy atom. The number of halogens is 1. The molecule has 0 aliphatic carbocycles. The average molecular weight is 279 g/mol. The fraction of sp³-hybridized carbons (Fsp3) is 0.143. The van der Waals surface area contributed by atoms with E-state index in [4.69, 9.17) is 5.73 Å². The molecule has 0 fully saturated rings. The van der Waals surface area contributed by atoms with Crippen LogP contribution in [-0.2, 0) is 16.4 Å². The van der Waals surface area contributed by atoms with Crippen LogP contribution in [0.15, 0.2) is 47.4 Å². The van der Waals surface area contributed by atoms with Crippen molar-refractivity contribution in [3.63, 3.8) is 0 Å². The topological polar surface area (TPSA) is 60.2 Å². The van der Waals surface area contributed by atoms with E-state index in [0.29, 0.717) is 17.7 Å². The molecule has 2 N–H and O–H groups in total. The molecule has 0 aromatic heterocycles. The lowest BCUT2D eigenvalue weighted by atomic mass is 10.0. The van der Waals surface area contributed by atoms with Crippen LogP contribution < -0.4 is 5.73 Å². The van der Waals surface area contributed by atoms with E-state index in [0.717, 1.165) is 11.8 Å². The quantitative estimate of drug-likeness (QED) is 0.938. The molecule has 100 valence electrons. The minimum atomic E-state index is -3.24. The van der Waals surface area contributed by atoms with E-state index in [1.807, 2.05) is 0 Å². The second-order valence-corrected chi connectivity index (χ2v) is 6.33. The third-order valence-electron chi connectivity index (χ3n) is 2.86. The van der Waals surface area contributed by atoms with Crippen LogP contribution in [-0.4, -0.2) is 14.7 Å². The zero-order valence-corrected chi connectivity index (χ0v) is 11.2. The van der Waals surface area contributed by atoms with Crippen LogP contribution in [0.3, 0.4) is 0 Å². The van der Waals surface area contributed by atoms with Gasteiger partial charge >= 0.3 is 0 Å². The van der Waals surface area contributed by atoms with E-state index < -0.39 is 9.84 Å². The number of hydrogen-bond acceptors (Lipinski definition) is 3. The minimum Gasteiger partial charge on any atom is -0.326 e. The summed E-state index contributed by atoms with van der Waals surface area (Å²) in [4.78, 5) is 0.214. The first-order valence-electron chi connectivity index (χ1n) is 5.71. The van der Waals surface area contributed by atoms with Crippen LogP contribution in [0.2, 0.25) is 0 Å². The van der Waals surface area contributed by atoms with Crippen molar-refractivity contribution in [2.45, 2.75) is 11.4 Å². The number of nitrogens with two attached hydrogens (primary N) is 1. The van der Waals surface area contributed by atoms with Crippen LogP contribution >= 0.6 is 0 Å². The Bertz CT molecular complexity index is 694. The second kappa shape index (κ2) is 5.11. The zero-order valence-electron chi connectivity index (χ0n) is 10.4. The summed E-state index contributed by atoms with van der Waals surface area (Å²) in [6.07, 6.45) is 1.14. The maximum Gasteiger partial charge on any atom is 0.175 e. The van der Waals surface area contributed by atoms with Crippen LogP contribution in [0.5, 0.6) is 0 Å². The Balaban J connectivity index is 2.48. The molecule has 0 amide bonds. The molecule has 5 heteroatoms. The lowest BCUT2D eigenvalue weighted by molar-refractivity contribution is 0.602. The molecule has 2 aromatic carbocycles. The van der Waals surface area contributed by atoms with Gasteiger partial charge in [-0.3, -0.25) is 0 Å². The maximum absolute atomic E-state index is 13.8. The van der Waals surface area contributed by atoms with Crippen molar-refractivity contribution in [3.8, 4) is 11.1 Å². The van der Waals surface area contributed by atoms with Gasteiger partial charge in [-0.15, -0.1) is 0 Å². The highest BCUT2D eigenvalue weighted by Crippen LogP contribution is 2.25. The van der Waals surface area contributed by atoms with Gasteiger partial charge in [0.1, 0.15) is 5.82 Å². The van der Waals surface area contributed by atoms with Gasteiger partial charge in [0, 0.05) is 18.4 Å². The van der Waals surface area contributed by atoms with E-state index in [2.05, 4.69) is 0 Å². The van der Waals surface area contributed by atoms with Crippen LogP contribution in [0.1, 0.15) is 5.56 Å². The number of hydrogen-bond donors (Lipinski definition) is 1. The largest absolute Gasteiger partial charge is 0.326 e. The second-order valence-electron chi connectivity index (χ2n) is 4.31. The lowest BCUT2D eigenvalue weighted by Crippen LogP contribution is -1.98. The summed E-state index contributed by atoms with van der Waals surface area (Å²) in [5, 5.41) is 0. The van der Waals surface area contributed by atoms with E-state index in [1.54, 1.807) is 24.3 Å². The summed E-state index contributed by atoms with van der Waals surface area (Å²) in [6.45, 7) is 0.328. The van der Waals surface area contributed by atoms with Crippen molar-refractivity contribution in [2.24, 2.45) is 5.73 Å².